The van der Waals surface area contributed by atoms with Crippen molar-refractivity contribution in [1.29, 1.82) is 0 Å². The number of ether oxygens (including phenoxy) is 1. The summed E-state index contributed by atoms with van der Waals surface area (Å²) in [6.07, 6.45) is 0.851. The lowest BCUT2D eigenvalue weighted by Gasteiger charge is -2.43. The summed E-state index contributed by atoms with van der Waals surface area (Å²) in [5.41, 5.74) is 0. The molecule has 8 heteroatoms. The number of esters is 1. The zero-order chi connectivity index (χ0) is 20.8. The number of methoxy groups -OCH3 is 1. The first-order chi connectivity index (χ1) is 13.1. The van der Waals surface area contributed by atoms with Gasteiger partial charge in [-0.05, 0) is 15.4 Å². The second-order valence-electron chi connectivity index (χ2n) is 7.38. The largest absolute Gasteiger partial charge is 0.469 e. The van der Waals surface area contributed by atoms with E-state index in [1.165, 1.54) is 7.11 Å². The third kappa shape index (κ3) is 4.95. The molecule has 150 valence electrons. The molecule has 0 unspecified atom stereocenters. The third-order valence-corrected chi connectivity index (χ3v) is 11.9. The molecule has 0 radical (unpaired) electrons. The highest BCUT2D eigenvalue weighted by atomic mass is 32.2. The number of hydrogen-bond acceptors (Lipinski definition) is 4. The van der Waals surface area contributed by atoms with Gasteiger partial charge in [-0.2, -0.15) is 12.8 Å². The van der Waals surface area contributed by atoms with Crippen LogP contribution in [0, 0.1) is 0 Å². The summed E-state index contributed by atoms with van der Waals surface area (Å²) in [7, 11) is -5.85. The molecule has 2 rings (SSSR count). The lowest BCUT2D eigenvalue weighted by Crippen LogP contribution is -2.74. The van der Waals surface area contributed by atoms with Crippen LogP contribution in [-0.2, 0) is 19.7 Å². The zero-order valence-electron chi connectivity index (χ0n) is 16.5. The summed E-state index contributed by atoms with van der Waals surface area (Å²) >= 11 is 0. The number of nitrogens with zero attached hydrogens (tertiary/aromatic N) is 1. The van der Waals surface area contributed by atoms with Crippen molar-refractivity contribution >= 4 is 41.0 Å². The number of nitrogens with one attached hydrogen (secondary N) is 1. The maximum Gasteiger partial charge on any atom is 0.314 e. The van der Waals surface area contributed by atoms with Crippen LogP contribution in [-0.4, -0.2) is 35.9 Å². The number of benzene rings is 2. The number of carbonyl (C=O) groups excluding carboxylic acids is 1. The van der Waals surface area contributed by atoms with Crippen LogP contribution in [0.1, 0.15) is 27.2 Å². The normalized spacial score (nSPS) is 12.9. The Balaban J connectivity index is 2.60. The average Bonchev–Trinajstić information content (AvgIpc) is 2.66. The third-order valence-electron chi connectivity index (χ3n) is 4.52. The van der Waals surface area contributed by atoms with E-state index >= 15 is 0 Å². The molecule has 0 amide bonds. The molecule has 0 bridgehead atoms. The van der Waals surface area contributed by atoms with Crippen LogP contribution in [0.25, 0.3) is 0 Å². The Bertz CT molecular complexity index is 884. The molecule has 0 atom stereocenters. The van der Waals surface area contributed by atoms with E-state index in [1.807, 2.05) is 81.4 Å². The van der Waals surface area contributed by atoms with Gasteiger partial charge < -0.3 is 4.74 Å². The Kier molecular flexibility index (Phi) is 6.92. The van der Waals surface area contributed by atoms with Crippen molar-refractivity contribution in [1.82, 2.24) is 4.39 Å². The molecular formula is C20H26N2O4SSi. The molecule has 0 aromatic heterocycles. The maximum atomic E-state index is 12.9. The lowest BCUT2D eigenvalue weighted by atomic mass is 10.2. The summed E-state index contributed by atoms with van der Waals surface area (Å²) < 4.78 is 36.9. The molecule has 2 aromatic rings. The van der Waals surface area contributed by atoms with Crippen molar-refractivity contribution in [3.63, 3.8) is 0 Å². The van der Waals surface area contributed by atoms with Gasteiger partial charge in [-0.3, -0.25) is 4.79 Å². The molecule has 0 aliphatic heterocycles. The van der Waals surface area contributed by atoms with Crippen molar-refractivity contribution in [3.8, 4) is 0 Å². The minimum absolute atomic E-state index is 0.210. The molecule has 0 aliphatic carbocycles. The van der Waals surface area contributed by atoms with E-state index < -0.39 is 29.5 Å². The predicted molar refractivity (Wildman–Crippen MR) is 115 cm³/mol. The van der Waals surface area contributed by atoms with E-state index in [1.54, 1.807) is 0 Å². The first-order valence-electron chi connectivity index (χ1n) is 8.88. The fourth-order valence-electron chi connectivity index (χ4n) is 3.19. The molecule has 0 spiro atoms. The topological polar surface area (TPSA) is 84.8 Å². The van der Waals surface area contributed by atoms with Gasteiger partial charge in [-0.25, -0.2) is 4.39 Å². The van der Waals surface area contributed by atoms with Crippen LogP contribution in [0.5, 0.6) is 0 Å². The van der Waals surface area contributed by atoms with Crippen LogP contribution in [0.3, 0.4) is 0 Å². The quantitative estimate of drug-likeness (QED) is 0.423. The molecule has 0 aliphatic rings. The molecule has 0 fully saturated rings. The van der Waals surface area contributed by atoms with Crippen molar-refractivity contribution in [2.75, 3.05) is 7.11 Å². The fraction of sp³-hybridized carbons (Fsp3) is 0.300. The second-order valence-corrected chi connectivity index (χ2v) is 13.5. The van der Waals surface area contributed by atoms with Crippen LogP contribution >= 0.6 is 0 Å². The Morgan fingerprint density at radius 1 is 1.04 bits per heavy atom. The Morgan fingerprint density at radius 3 is 1.89 bits per heavy atom. The smallest absolute Gasteiger partial charge is 0.314 e. The van der Waals surface area contributed by atoms with E-state index in [0.29, 0.717) is 0 Å². The van der Waals surface area contributed by atoms with Gasteiger partial charge in [-0.1, -0.05) is 81.4 Å². The van der Waals surface area contributed by atoms with E-state index in [4.69, 9.17) is 0 Å². The van der Waals surface area contributed by atoms with Crippen molar-refractivity contribution in [2.24, 2.45) is 4.40 Å². The standard InChI is InChI=1S/C20H26N2O4SSi/c1-20(2,3)28(17-11-7-5-8-12-17,18-13-9-6-10-14-18)22-27(24,25)21-16-15-19(23)26-4/h5-14,16,22H,15H2,1-4H3. The summed E-state index contributed by atoms with van der Waals surface area (Å²) in [6.45, 7) is 6.08. The van der Waals surface area contributed by atoms with Crippen LogP contribution in [0.15, 0.2) is 65.1 Å². The second kappa shape index (κ2) is 8.81. The zero-order valence-corrected chi connectivity index (χ0v) is 18.4. The maximum absolute atomic E-state index is 12.9. The van der Waals surface area contributed by atoms with Crippen molar-refractivity contribution in [3.05, 3.63) is 60.7 Å². The van der Waals surface area contributed by atoms with E-state index in [-0.39, 0.29) is 6.42 Å². The van der Waals surface area contributed by atoms with E-state index in [0.717, 1.165) is 16.6 Å². The molecule has 28 heavy (non-hydrogen) atoms. The van der Waals surface area contributed by atoms with E-state index in [9.17, 15) is 13.2 Å². The van der Waals surface area contributed by atoms with Gasteiger partial charge >= 0.3 is 16.2 Å². The number of hydrogen-bond donors (Lipinski definition) is 1. The van der Waals surface area contributed by atoms with Gasteiger partial charge in [0.05, 0.1) is 13.5 Å². The molecule has 1 N–H and O–H groups in total. The van der Waals surface area contributed by atoms with Gasteiger partial charge in [0.1, 0.15) is 0 Å². The van der Waals surface area contributed by atoms with Gasteiger partial charge in [-0.15, -0.1) is 0 Å². The van der Waals surface area contributed by atoms with Crippen molar-refractivity contribution < 1.29 is 17.9 Å². The minimum Gasteiger partial charge on any atom is -0.469 e. The molecule has 0 saturated heterocycles. The Labute approximate surface area is 167 Å². The fourth-order valence-corrected chi connectivity index (χ4v) is 10.8. The number of carbonyl (C=O) groups is 1. The summed E-state index contributed by atoms with van der Waals surface area (Å²) in [4.78, 5) is 11.3. The highest BCUT2D eigenvalue weighted by molar-refractivity contribution is 7.90. The highest BCUT2D eigenvalue weighted by Crippen LogP contribution is 2.34. The predicted octanol–water partition coefficient (Wildman–Crippen LogP) is 2.01. The minimum atomic E-state index is -4.05. The highest BCUT2D eigenvalue weighted by Gasteiger charge is 2.50. The monoisotopic (exact) mass is 418 g/mol. The van der Waals surface area contributed by atoms with E-state index in [2.05, 4.69) is 13.5 Å². The van der Waals surface area contributed by atoms with Gasteiger partial charge in [0.2, 0.25) is 8.24 Å². The summed E-state index contributed by atoms with van der Waals surface area (Å²) in [5.74, 6) is -0.551. The molecule has 2 aromatic carbocycles. The first-order valence-corrected chi connectivity index (χ1v) is 12.3. The van der Waals surface area contributed by atoms with Gasteiger partial charge in [0, 0.05) is 6.21 Å². The van der Waals surface area contributed by atoms with Crippen LogP contribution in [0.4, 0.5) is 0 Å². The van der Waals surface area contributed by atoms with Gasteiger partial charge in [0.15, 0.2) is 0 Å². The average molecular weight is 419 g/mol. The first kappa shape index (κ1) is 22.0. The summed E-state index contributed by atoms with van der Waals surface area (Å²) in [6, 6.07) is 19.2. The Morgan fingerprint density at radius 2 is 1.50 bits per heavy atom. The number of rotatable bonds is 7. The molecular weight excluding hydrogens is 392 g/mol. The van der Waals surface area contributed by atoms with Crippen LogP contribution < -0.4 is 14.8 Å². The summed E-state index contributed by atoms with van der Waals surface area (Å²) in [5, 5.41) is 1.46. The van der Waals surface area contributed by atoms with Crippen molar-refractivity contribution in [2.45, 2.75) is 32.2 Å². The van der Waals surface area contributed by atoms with Gasteiger partial charge in [0.25, 0.3) is 0 Å². The SMILES string of the molecule is COC(=O)CC=NS(=O)(=O)N[Si](c1ccccc1)(c1ccccc1)C(C)(C)C. The Hall–Kier alpha value is -2.29. The van der Waals surface area contributed by atoms with Crippen LogP contribution in [0.2, 0.25) is 5.04 Å². The molecule has 6 nitrogen and oxygen atoms in total. The molecule has 0 heterocycles. The molecule has 0 saturated carbocycles. The lowest BCUT2D eigenvalue weighted by molar-refractivity contribution is -0.139.